The minimum absolute atomic E-state index is 0.0278. The molecular formula is C27H35N5O3. The number of aromatic nitrogens is 2. The molecule has 1 aliphatic carbocycles. The Kier molecular flexibility index (Phi) is 7.45. The summed E-state index contributed by atoms with van der Waals surface area (Å²) in [6, 6.07) is 11.4. The fraction of sp³-hybridized carbons (Fsp3) is 0.556. The first kappa shape index (κ1) is 23.6. The van der Waals surface area contributed by atoms with Crippen molar-refractivity contribution in [2.45, 2.75) is 57.5 Å². The number of carbonyl (C=O) groups is 2. The topological polar surface area (TPSA) is 87.7 Å². The summed E-state index contributed by atoms with van der Waals surface area (Å²) < 4.78 is 6.18. The van der Waals surface area contributed by atoms with E-state index < -0.39 is 0 Å². The first-order valence-electron chi connectivity index (χ1n) is 13.0. The summed E-state index contributed by atoms with van der Waals surface area (Å²) in [6.07, 6.45) is 10.1. The summed E-state index contributed by atoms with van der Waals surface area (Å²) >= 11 is 0. The van der Waals surface area contributed by atoms with Gasteiger partial charge in [0.25, 0.3) is 0 Å². The number of amides is 2. The Morgan fingerprint density at radius 2 is 1.66 bits per heavy atom. The molecule has 0 spiro atoms. The minimum Gasteiger partial charge on any atom is -0.490 e. The third-order valence-electron chi connectivity index (χ3n) is 7.57. The summed E-state index contributed by atoms with van der Waals surface area (Å²) in [5.74, 6) is 2.16. The molecule has 0 bridgehead atoms. The highest BCUT2D eigenvalue weighted by Crippen LogP contribution is 2.28. The first-order chi connectivity index (χ1) is 17.2. The standard InChI is InChI=1S/C27H35N5O3/c33-26(21-12-16-32(19-21)25-7-4-15-28-30-25)29-22-8-10-23(11-9-22)35-24-13-17-31(18-14-24)27(34)20-5-2-1-3-6-20/h4,7-11,15,20-21,24H,1-3,5-6,12-14,16-19H2,(H,29,33). The zero-order chi connectivity index (χ0) is 24.0. The van der Waals surface area contributed by atoms with Gasteiger partial charge in [0.15, 0.2) is 5.82 Å². The predicted molar refractivity (Wildman–Crippen MR) is 134 cm³/mol. The molecule has 1 N–H and O–H groups in total. The molecule has 1 aromatic carbocycles. The number of benzene rings is 1. The third-order valence-corrected chi connectivity index (χ3v) is 7.57. The average molecular weight is 478 g/mol. The van der Waals surface area contributed by atoms with E-state index >= 15 is 0 Å². The molecule has 3 fully saturated rings. The van der Waals surface area contributed by atoms with Crippen LogP contribution >= 0.6 is 0 Å². The van der Waals surface area contributed by atoms with Gasteiger partial charge < -0.3 is 19.9 Å². The lowest BCUT2D eigenvalue weighted by atomic mass is 9.88. The Morgan fingerprint density at radius 3 is 2.37 bits per heavy atom. The number of likely N-dealkylation sites (tertiary alicyclic amines) is 1. The van der Waals surface area contributed by atoms with Crippen molar-refractivity contribution in [2.24, 2.45) is 11.8 Å². The summed E-state index contributed by atoms with van der Waals surface area (Å²) in [6.45, 7) is 3.00. The second kappa shape index (κ2) is 11.1. The molecule has 35 heavy (non-hydrogen) atoms. The quantitative estimate of drug-likeness (QED) is 0.679. The van der Waals surface area contributed by atoms with Crippen LogP contribution in [0, 0.1) is 11.8 Å². The number of nitrogens with zero attached hydrogens (tertiary/aromatic N) is 4. The van der Waals surface area contributed by atoms with Crippen LogP contribution in [0.25, 0.3) is 0 Å². The molecule has 3 aliphatic rings. The van der Waals surface area contributed by atoms with Crippen molar-refractivity contribution in [3.63, 3.8) is 0 Å². The van der Waals surface area contributed by atoms with E-state index in [0.29, 0.717) is 12.5 Å². The van der Waals surface area contributed by atoms with Crippen molar-refractivity contribution in [3.05, 3.63) is 42.6 Å². The van der Waals surface area contributed by atoms with Gasteiger partial charge >= 0.3 is 0 Å². The van der Waals surface area contributed by atoms with E-state index in [-0.39, 0.29) is 23.8 Å². The molecule has 2 aliphatic heterocycles. The summed E-state index contributed by atoms with van der Waals surface area (Å²) in [5, 5.41) is 11.1. The van der Waals surface area contributed by atoms with Gasteiger partial charge in [0.05, 0.1) is 5.92 Å². The van der Waals surface area contributed by atoms with Crippen molar-refractivity contribution >= 4 is 23.3 Å². The highest BCUT2D eigenvalue weighted by atomic mass is 16.5. The van der Waals surface area contributed by atoms with Crippen LogP contribution in [0.5, 0.6) is 5.75 Å². The maximum Gasteiger partial charge on any atom is 0.229 e. The van der Waals surface area contributed by atoms with Crippen LogP contribution in [0.2, 0.25) is 0 Å². The molecule has 8 nitrogen and oxygen atoms in total. The van der Waals surface area contributed by atoms with Crippen LogP contribution in [0.4, 0.5) is 11.5 Å². The second-order valence-electron chi connectivity index (χ2n) is 10.0. The SMILES string of the molecule is O=C(Nc1ccc(OC2CCN(C(=O)C3CCCCC3)CC2)cc1)C1CCN(c2cccnn2)C1. The number of anilines is 2. The van der Waals surface area contributed by atoms with E-state index in [0.717, 1.165) is 69.0 Å². The fourth-order valence-electron chi connectivity index (χ4n) is 5.50. The maximum absolute atomic E-state index is 12.8. The van der Waals surface area contributed by atoms with Crippen molar-refractivity contribution in [1.82, 2.24) is 15.1 Å². The van der Waals surface area contributed by atoms with E-state index in [1.54, 1.807) is 6.20 Å². The molecule has 1 aromatic heterocycles. The summed E-state index contributed by atoms with van der Waals surface area (Å²) in [4.78, 5) is 29.7. The number of hydrogen-bond acceptors (Lipinski definition) is 6. The zero-order valence-corrected chi connectivity index (χ0v) is 20.3. The van der Waals surface area contributed by atoms with Gasteiger partial charge in [-0.15, -0.1) is 5.10 Å². The minimum atomic E-state index is -0.0746. The summed E-state index contributed by atoms with van der Waals surface area (Å²) in [5.41, 5.74) is 0.771. The first-order valence-corrected chi connectivity index (χ1v) is 13.0. The number of piperidine rings is 1. The largest absolute Gasteiger partial charge is 0.490 e. The summed E-state index contributed by atoms with van der Waals surface area (Å²) in [7, 11) is 0. The van der Waals surface area contributed by atoms with Crippen molar-refractivity contribution in [3.8, 4) is 5.75 Å². The molecule has 2 aromatic rings. The van der Waals surface area contributed by atoms with E-state index in [1.807, 2.05) is 41.3 Å². The molecule has 3 heterocycles. The molecule has 0 radical (unpaired) electrons. The van der Waals surface area contributed by atoms with E-state index in [4.69, 9.17) is 4.74 Å². The lowest BCUT2D eigenvalue weighted by Crippen LogP contribution is -2.44. The van der Waals surface area contributed by atoms with Gasteiger partial charge in [-0.25, -0.2) is 0 Å². The third kappa shape index (κ3) is 5.92. The monoisotopic (exact) mass is 477 g/mol. The van der Waals surface area contributed by atoms with Crippen LogP contribution in [-0.2, 0) is 9.59 Å². The number of hydrogen-bond donors (Lipinski definition) is 1. The molecule has 1 unspecified atom stereocenters. The highest BCUT2D eigenvalue weighted by Gasteiger charge is 2.30. The second-order valence-corrected chi connectivity index (χ2v) is 10.0. The van der Waals surface area contributed by atoms with Gasteiger partial charge in [0.2, 0.25) is 11.8 Å². The van der Waals surface area contributed by atoms with Crippen molar-refractivity contribution < 1.29 is 14.3 Å². The van der Waals surface area contributed by atoms with Gasteiger partial charge in [0, 0.05) is 56.8 Å². The van der Waals surface area contributed by atoms with Gasteiger partial charge in [-0.05, 0) is 55.7 Å². The van der Waals surface area contributed by atoms with Crippen molar-refractivity contribution in [2.75, 3.05) is 36.4 Å². The Labute approximate surface area is 207 Å². The average Bonchev–Trinajstić information content (AvgIpc) is 3.42. The van der Waals surface area contributed by atoms with Crippen molar-refractivity contribution in [1.29, 1.82) is 0 Å². The van der Waals surface area contributed by atoms with E-state index in [9.17, 15) is 9.59 Å². The Morgan fingerprint density at radius 1 is 0.886 bits per heavy atom. The van der Waals surface area contributed by atoms with Crippen LogP contribution in [0.1, 0.15) is 51.4 Å². The Bertz CT molecular complexity index is 986. The Hall–Kier alpha value is -3.16. The molecule has 8 heteroatoms. The molecule has 186 valence electrons. The molecule has 1 saturated carbocycles. The Balaban J connectivity index is 1.06. The fourth-order valence-corrected chi connectivity index (χ4v) is 5.50. The van der Waals surface area contributed by atoms with Gasteiger partial charge in [-0.3, -0.25) is 9.59 Å². The zero-order valence-electron chi connectivity index (χ0n) is 20.3. The predicted octanol–water partition coefficient (Wildman–Crippen LogP) is 3.89. The van der Waals surface area contributed by atoms with Gasteiger partial charge in [-0.2, -0.15) is 5.10 Å². The number of rotatable bonds is 6. The van der Waals surface area contributed by atoms with Gasteiger partial charge in [0.1, 0.15) is 11.9 Å². The number of ether oxygens (including phenoxy) is 1. The highest BCUT2D eigenvalue weighted by molar-refractivity contribution is 5.93. The number of nitrogens with one attached hydrogen (secondary N) is 1. The maximum atomic E-state index is 12.8. The van der Waals surface area contributed by atoms with Gasteiger partial charge in [-0.1, -0.05) is 19.3 Å². The molecule has 2 saturated heterocycles. The molecular weight excluding hydrogens is 442 g/mol. The van der Waals surface area contributed by atoms with Crippen LogP contribution in [-0.4, -0.2) is 59.2 Å². The molecule has 2 amide bonds. The van der Waals surface area contributed by atoms with Crippen LogP contribution < -0.4 is 15.0 Å². The van der Waals surface area contributed by atoms with Crippen LogP contribution in [0.3, 0.4) is 0 Å². The van der Waals surface area contributed by atoms with E-state index in [2.05, 4.69) is 20.4 Å². The smallest absolute Gasteiger partial charge is 0.229 e. The lowest BCUT2D eigenvalue weighted by Gasteiger charge is -2.35. The lowest BCUT2D eigenvalue weighted by molar-refractivity contribution is -0.138. The normalized spacial score (nSPS) is 21.7. The van der Waals surface area contributed by atoms with Crippen LogP contribution in [0.15, 0.2) is 42.6 Å². The van der Waals surface area contributed by atoms with E-state index in [1.165, 1.54) is 19.3 Å². The number of carbonyl (C=O) groups excluding carboxylic acids is 2. The molecule has 5 rings (SSSR count). The molecule has 1 atom stereocenters.